The van der Waals surface area contributed by atoms with Gasteiger partial charge in [0.1, 0.15) is 0 Å². The molecule has 1 aromatic heterocycles. The van der Waals surface area contributed by atoms with Gasteiger partial charge in [0.05, 0.1) is 0 Å². The first-order valence-corrected chi connectivity index (χ1v) is 4.55. The van der Waals surface area contributed by atoms with Gasteiger partial charge >= 0.3 is 0 Å². The van der Waals surface area contributed by atoms with Gasteiger partial charge in [-0.3, -0.25) is 0 Å². The van der Waals surface area contributed by atoms with E-state index in [0.717, 1.165) is 6.54 Å². The van der Waals surface area contributed by atoms with Gasteiger partial charge in [0.25, 0.3) is 0 Å². The van der Waals surface area contributed by atoms with Gasteiger partial charge in [-0.15, -0.1) is 11.3 Å². The molecule has 1 aromatic rings. The molecule has 0 radical (unpaired) electrons. The molecular weight excluding hydrogens is 142 g/mol. The minimum Gasteiger partial charge on any atom is -0.310 e. The van der Waals surface area contributed by atoms with Crippen molar-refractivity contribution in [2.24, 2.45) is 0 Å². The van der Waals surface area contributed by atoms with E-state index in [0.29, 0.717) is 6.04 Å². The van der Waals surface area contributed by atoms with Gasteiger partial charge < -0.3 is 5.32 Å². The lowest BCUT2D eigenvalue weighted by Gasteiger charge is -2.19. The lowest BCUT2D eigenvalue weighted by molar-refractivity contribution is 0.547. The van der Waals surface area contributed by atoms with Crippen LogP contribution in [-0.2, 0) is 6.42 Å². The van der Waals surface area contributed by atoms with E-state index >= 15 is 0 Å². The summed E-state index contributed by atoms with van der Waals surface area (Å²) in [6, 6.07) is 2.81. The highest BCUT2D eigenvalue weighted by molar-refractivity contribution is 7.10. The molecule has 0 amide bonds. The summed E-state index contributed by atoms with van der Waals surface area (Å²) in [6.45, 7) is 3.37. The highest BCUT2D eigenvalue weighted by Crippen LogP contribution is 2.26. The van der Waals surface area contributed by atoms with Crippen molar-refractivity contribution >= 4 is 11.3 Å². The Morgan fingerprint density at radius 3 is 3.40 bits per heavy atom. The molecule has 0 aliphatic carbocycles. The highest BCUT2D eigenvalue weighted by atomic mass is 32.1. The predicted molar refractivity (Wildman–Crippen MR) is 44.4 cm³/mol. The zero-order valence-electron chi connectivity index (χ0n) is 6.05. The van der Waals surface area contributed by atoms with E-state index in [2.05, 4.69) is 23.7 Å². The van der Waals surface area contributed by atoms with Crippen LogP contribution in [0.1, 0.15) is 23.4 Å². The summed E-state index contributed by atoms with van der Waals surface area (Å²) in [5, 5.41) is 5.62. The summed E-state index contributed by atoms with van der Waals surface area (Å²) in [6.07, 6.45) is 1.22. The van der Waals surface area contributed by atoms with Crippen molar-refractivity contribution in [1.82, 2.24) is 5.32 Å². The minimum atomic E-state index is 0.579. The number of hydrogen-bond donors (Lipinski definition) is 1. The first-order chi connectivity index (χ1) is 4.88. The van der Waals surface area contributed by atoms with Gasteiger partial charge in [-0.05, 0) is 30.4 Å². The first kappa shape index (κ1) is 6.38. The van der Waals surface area contributed by atoms with Gasteiger partial charge in [0.2, 0.25) is 0 Å². The summed E-state index contributed by atoms with van der Waals surface area (Å²) in [4.78, 5) is 1.58. The SMILES string of the molecule is CC1NCCc2sccc21. The van der Waals surface area contributed by atoms with E-state index in [1.54, 1.807) is 4.88 Å². The maximum absolute atomic E-state index is 3.43. The van der Waals surface area contributed by atoms with Crippen LogP contribution in [0.4, 0.5) is 0 Å². The fourth-order valence-electron chi connectivity index (χ4n) is 1.45. The molecule has 0 fully saturated rings. The Kier molecular flexibility index (Phi) is 1.51. The maximum atomic E-state index is 3.43. The van der Waals surface area contributed by atoms with Gasteiger partial charge in [-0.1, -0.05) is 0 Å². The van der Waals surface area contributed by atoms with Crippen molar-refractivity contribution in [3.8, 4) is 0 Å². The number of rotatable bonds is 0. The van der Waals surface area contributed by atoms with E-state index in [-0.39, 0.29) is 0 Å². The molecule has 2 heteroatoms. The fourth-order valence-corrected chi connectivity index (χ4v) is 2.43. The van der Waals surface area contributed by atoms with Crippen LogP contribution in [0.25, 0.3) is 0 Å². The topological polar surface area (TPSA) is 12.0 Å². The average molecular weight is 153 g/mol. The summed E-state index contributed by atoms with van der Waals surface area (Å²) >= 11 is 1.89. The van der Waals surface area contributed by atoms with Crippen molar-refractivity contribution in [1.29, 1.82) is 0 Å². The lowest BCUT2D eigenvalue weighted by atomic mass is 10.0. The molecule has 0 bridgehead atoms. The summed E-state index contributed by atoms with van der Waals surface area (Å²) < 4.78 is 0. The summed E-state index contributed by atoms with van der Waals surface area (Å²) in [5.74, 6) is 0. The molecule has 1 unspecified atom stereocenters. The van der Waals surface area contributed by atoms with Gasteiger partial charge in [-0.25, -0.2) is 0 Å². The van der Waals surface area contributed by atoms with Gasteiger partial charge in [-0.2, -0.15) is 0 Å². The third kappa shape index (κ3) is 0.879. The van der Waals surface area contributed by atoms with Gasteiger partial charge in [0.15, 0.2) is 0 Å². The Labute approximate surface area is 65.1 Å². The van der Waals surface area contributed by atoms with Crippen LogP contribution in [0.15, 0.2) is 11.4 Å². The van der Waals surface area contributed by atoms with Crippen molar-refractivity contribution in [2.75, 3.05) is 6.54 Å². The molecule has 10 heavy (non-hydrogen) atoms. The Morgan fingerprint density at radius 2 is 2.60 bits per heavy atom. The summed E-state index contributed by atoms with van der Waals surface area (Å²) in [7, 11) is 0. The zero-order valence-corrected chi connectivity index (χ0v) is 6.87. The van der Waals surface area contributed by atoms with Crippen LogP contribution in [0.3, 0.4) is 0 Å². The maximum Gasteiger partial charge on any atom is 0.0302 e. The largest absolute Gasteiger partial charge is 0.310 e. The Morgan fingerprint density at radius 1 is 1.70 bits per heavy atom. The second kappa shape index (κ2) is 2.36. The number of hydrogen-bond acceptors (Lipinski definition) is 2. The number of fused-ring (bicyclic) bond motifs is 1. The molecule has 0 aromatic carbocycles. The van der Waals surface area contributed by atoms with E-state index < -0.39 is 0 Å². The molecule has 54 valence electrons. The minimum absolute atomic E-state index is 0.579. The van der Waals surface area contributed by atoms with E-state index in [1.807, 2.05) is 11.3 Å². The van der Waals surface area contributed by atoms with Crippen molar-refractivity contribution < 1.29 is 0 Å². The van der Waals surface area contributed by atoms with Crippen LogP contribution in [0.2, 0.25) is 0 Å². The molecule has 2 rings (SSSR count). The standard InChI is InChI=1S/C8H11NS/c1-6-7-3-5-10-8(7)2-4-9-6/h3,5-6,9H,2,4H2,1H3. The highest BCUT2D eigenvalue weighted by Gasteiger charge is 2.15. The zero-order chi connectivity index (χ0) is 6.97. The third-order valence-corrected chi connectivity index (χ3v) is 3.05. The van der Waals surface area contributed by atoms with Crippen LogP contribution in [-0.4, -0.2) is 6.54 Å². The second-order valence-corrected chi connectivity index (χ2v) is 3.73. The smallest absolute Gasteiger partial charge is 0.0302 e. The van der Waals surface area contributed by atoms with Gasteiger partial charge in [0, 0.05) is 17.5 Å². The molecular formula is C8H11NS. The van der Waals surface area contributed by atoms with Crippen molar-refractivity contribution in [2.45, 2.75) is 19.4 Å². The Balaban J connectivity index is 2.41. The molecule has 1 N–H and O–H groups in total. The quantitative estimate of drug-likeness (QED) is 0.600. The van der Waals surface area contributed by atoms with E-state index in [4.69, 9.17) is 0 Å². The fraction of sp³-hybridized carbons (Fsp3) is 0.500. The molecule has 0 saturated heterocycles. The molecule has 1 aliphatic rings. The molecule has 1 nitrogen and oxygen atoms in total. The summed E-state index contributed by atoms with van der Waals surface area (Å²) in [5.41, 5.74) is 1.51. The van der Waals surface area contributed by atoms with Crippen LogP contribution in [0.5, 0.6) is 0 Å². The van der Waals surface area contributed by atoms with E-state index in [1.165, 1.54) is 12.0 Å². The van der Waals surface area contributed by atoms with Crippen molar-refractivity contribution in [3.63, 3.8) is 0 Å². The normalized spacial score (nSPS) is 24.3. The molecule has 1 atom stereocenters. The lowest BCUT2D eigenvalue weighted by Crippen LogP contribution is -2.26. The molecule has 0 saturated carbocycles. The number of thiophene rings is 1. The second-order valence-electron chi connectivity index (χ2n) is 2.72. The predicted octanol–water partition coefficient (Wildman–Crippen LogP) is 1.95. The molecule has 1 aliphatic heterocycles. The first-order valence-electron chi connectivity index (χ1n) is 3.67. The average Bonchev–Trinajstić information content (AvgIpc) is 2.36. The monoisotopic (exact) mass is 153 g/mol. The van der Waals surface area contributed by atoms with Crippen molar-refractivity contribution in [3.05, 3.63) is 21.9 Å². The van der Waals surface area contributed by atoms with E-state index in [9.17, 15) is 0 Å². The Hall–Kier alpha value is -0.340. The molecule has 0 spiro atoms. The van der Waals surface area contributed by atoms with Crippen LogP contribution < -0.4 is 5.32 Å². The Bertz CT molecular complexity index is 229. The van der Waals surface area contributed by atoms with Crippen LogP contribution >= 0.6 is 11.3 Å². The number of nitrogens with one attached hydrogen (secondary N) is 1. The molecule has 2 heterocycles. The third-order valence-electron chi connectivity index (χ3n) is 2.05. The van der Waals surface area contributed by atoms with Crippen LogP contribution in [0, 0.1) is 0 Å².